The van der Waals surface area contributed by atoms with Crippen molar-refractivity contribution in [3.63, 3.8) is 0 Å². The Balaban J connectivity index is 1.83. The first-order chi connectivity index (χ1) is 7.84. The van der Waals surface area contributed by atoms with Gasteiger partial charge in [-0.3, -0.25) is 0 Å². The lowest BCUT2D eigenvalue weighted by Gasteiger charge is -2.23. The summed E-state index contributed by atoms with van der Waals surface area (Å²) in [6.45, 7) is 1.45. The van der Waals surface area contributed by atoms with Crippen molar-refractivity contribution in [1.82, 2.24) is 0 Å². The van der Waals surface area contributed by atoms with Crippen LogP contribution in [0.1, 0.15) is 30.1 Å². The molecule has 1 aliphatic heterocycles. The highest BCUT2D eigenvalue weighted by Crippen LogP contribution is 2.35. The summed E-state index contributed by atoms with van der Waals surface area (Å²) >= 11 is 0. The van der Waals surface area contributed by atoms with Crippen molar-refractivity contribution in [3.8, 4) is 5.75 Å². The Bertz CT molecular complexity index is 385. The molecular weight excluding hydrogens is 204 g/mol. The van der Waals surface area contributed by atoms with Gasteiger partial charge in [-0.15, -0.1) is 0 Å². The average Bonchev–Trinajstić information content (AvgIpc) is 3.11. The Kier molecular flexibility index (Phi) is 2.58. The summed E-state index contributed by atoms with van der Waals surface area (Å²) in [5.41, 5.74) is 2.22. The highest BCUT2D eigenvalue weighted by atomic mass is 16.6. The number of epoxide rings is 1. The Morgan fingerprint density at radius 3 is 3.12 bits per heavy atom. The molecule has 1 fully saturated rings. The van der Waals surface area contributed by atoms with E-state index in [4.69, 9.17) is 9.47 Å². The molecule has 2 aliphatic rings. The number of ether oxygens (including phenoxy) is 2. The van der Waals surface area contributed by atoms with E-state index in [9.17, 15) is 5.11 Å². The topological polar surface area (TPSA) is 42.0 Å². The molecule has 1 aliphatic carbocycles. The first-order valence-corrected chi connectivity index (χ1v) is 5.89. The van der Waals surface area contributed by atoms with Gasteiger partial charge in [0.1, 0.15) is 18.5 Å². The molecule has 1 aromatic carbocycles. The number of benzene rings is 1. The molecule has 3 nitrogen and oxygen atoms in total. The highest BCUT2D eigenvalue weighted by molar-refractivity contribution is 5.42. The number of fused-ring (bicyclic) bond motifs is 1. The van der Waals surface area contributed by atoms with Crippen molar-refractivity contribution < 1.29 is 14.6 Å². The Labute approximate surface area is 95.0 Å². The van der Waals surface area contributed by atoms with E-state index in [0.29, 0.717) is 6.61 Å². The highest BCUT2D eigenvalue weighted by Gasteiger charge is 2.25. The van der Waals surface area contributed by atoms with Crippen LogP contribution in [0.2, 0.25) is 0 Å². The third kappa shape index (κ3) is 1.93. The summed E-state index contributed by atoms with van der Waals surface area (Å²) < 4.78 is 10.9. The molecule has 0 saturated carbocycles. The molecule has 1 N–H and O–H groups in total. The fourth-order valence-corrected chi connectivity index (χ4v) is 2.27. The van der Waals surface area contributed by atoms with E-state index in [2.05, 4.69) is 0 Å². The first-order valence-electron chi connectivity index (χ1n) is 5.89. The van der Waals surface area contributed by atoms with Crippen LogP contribution in [-0.2, 0) is 11.2 Å². The summed E-state index contributed by atoms with van der Waals surface area (Å²) in [5.74, 6) is 0.923. The molecule has 2 atom stereocenters. The zero-order valence-electron chi connectivity index (χ0n) is 9.19. The van der Waals surface area contributed by atoms with E-state index in [0.717, 1.165) is 37.2 Å². The summed E-state index contributed by atoms with van der Waals surface area (Å²) in [7, 11) is 0. The van der Waals surface area contributed by atoms with Crippen LogP contribution >= 0.6 is 0 Å². The van der Waals surface area contributed by atoms with Gasteiger partial charge in [0.25, 0.3) is 0 Å². The van der Waals surface area contributed by atoms with Crippen LogP contribution < -0.4 is 4.74 Å². The predicted molar refractivity (Wildman–Crippen MR) is 59.6 cm³/mol. The maximum absolute atomic E-state index is 9.90. The minimum absolute atomic E-state index is 0.282. The van der Waals surface area contributed by atoms with Crippen molar-refractivity contribution in [2.24, 2.45) is 0 Å². The summed E-state index contributed by atoms with van der Waals surface area (Å²) in [4.78, 5) is 0. The van der Waals surface area contributed by atoms with E-state index < -0.39 is 0 Å². The lowest BCUT2D eigenvalue weighted by atomic mass is 9.89. The molecular formula is C13H16O3. The first kappa shape index (κ1) is 10.1. The predicted octanol–water partition coefficient (Wildman–Crippen LogP) is 1.83. The molecule has 0 aromatic heterocycles. The van der Waals surface area contributed by atoms with Crippen molar-refractivity contribution in [2.75, 3.05) is 13.2 Å². The molecule has 0 amide bonds. The van der Waals surface area contributed by atoms with Gasteiger partial charge in [0, 0.05) is 0 Å². The molecule has 86 valence electrons. The van der Waals surface area contributed by atoms with Gasteiger partial charge in [-0.1, -0.05) is 12.1 Å². The van der Waals surface area contributed by atoms with Gasteiger partial charge >= 0.3 is 0 Å². The number of hydrogen-bond acceptors (Lipinski definition) is 3. The van der Waals surface area contributed by atoms with Crippen LogP contribution in [0.5, 0.6) is 5.75 Å². The van der Waals surface area contributed by atoms with Gasteiger partial charge in [0.15, 0.2) is 0 Å². The van der Waals surface area contributed by atoms with Crippen molar-refractivity contribution >= 4 is 0 Å². The summed E-state index contributed by atoms with van der Waals surface area (Å²) in [6, 6.07) is 5.94. The summed E-state index contributed by atoms with van der Waals surface area (Å²) in [6.07, 6.45) is 2.87. The van der Waals surface area contributed by atoms with E-state index in [1.165, 1.54) is 5.56 Å². The lowest BCUT2D eigenvalue weighted by Crippen LogP contribution is -2.12. The second-order valence-electron chi connectivity index (χ2n) is 4.50. The van der Waals surface area contributed by atoms with Crippen LogP contribution in [0, 0.1) is 0 Å². The van der Waals surface area contributed by atoms with Crippen LogP contribution in [-0.4, -0.2) is 24.4 Å². The smallest absolute Gasteiger partial charge is 0.122 e. The Morgan fingerprint density at radius 2 is 2.31 bits per heavy atom. The molecule has 0 radical (unpaired) electrons. The number of aliphatic hydroxyl groups excluding tert-OH is 1. The molecule has 0 spiro atoms. The van der Waals surface area contributed by atoms with Crippen LogP contribution in [0.4, 0.5) is 0 Å². The minimum Gasteiger partial charge on any atom is -0.490 e. The molecule has 3 rings (SSSR count). The quantitative estimate of drug-likeness (QED) is 0.790. The lowest BCUT2D eigenvalue weighted by molar-refractivity contribution is 0.155. The zero-order chi connectivity index (χ0) is 11.0. The second-order valence-corrected chi connectivity index (χ2v) is 4.50. The van der Waals surface area contributed by atoms with Gasteiger partial charge in [-0.2, -0.15) is 0 Å². The number of aliphatic hydroxyl groups is 1. The number of rotatable bonds is 3. The van der Waals surface area contributed by atoms with E-state index in [1.807, 2.05) is 18.2 Å². The van der Waals surface area contributed by atoms with Gasteiger partial charge in [0.05, 0.1) is 12.7 Å². The normalized spacial score (nSPS) is 27.3. The van der Waals surface area contributed by atoms with E-state index >= 15 is 0 Å². The second kappa shape index (κ2) is 4.07. The third-order valence-corrected chi connectivity index (χ3v) is 3.26. The fraction of sp³-hybridized carbons (Fsp3) is 0.538. The minimum atomic E-state index is -0.315. The molecule has 1 saturated heterocycles. The summed E-state index contributed by atoms with van der Waals surface area (Å²) in [5, 5.41) is 9.90. The molecule has 1 heterocycles. The maximum atomic E-state index is 9.90. The average molecular weight is 220 g/mol. The standard InChI is InChI=1S/C13H16O3/c14-12-5-1-4-11-10(12)3-2-6-13(11)16-8-9-7-15-9/h2-3,6,9,12,14H,1,4-5,7-8H2. The Hall–Kier alpha value is -1.06. The van der Waals surface area contributed by atoms with Gasteiger partial charge in [-0.05, 0) is 36.5 Å². The monoisotopic (exact) mass is 220 g/mol. The molecule has 3 heteroatoms. The molecule has 1 aromatic rings. The van der Waals surface area contributed by atoms with E-state index in [-0.39, 0.29) is 12.2 Å². The zero-order valence-corrected chi connectivity index (χ0v) is 9.19. The molecule has 2 unspecified atom stereocenters. The van der Waals surface area contributed by atoms with Gasteiger partial charge in [-0.25, -0.2) is 0 Å². The third-order valence-electron chi connectivity index (χ3n) is 3.26. The van der Waals surface area contributed by atoms with Crippen LogP contribution in [0.3, 0.4) is 0 Å². The van der Waals surface area contributed by atoms with Crippen LogP contribution in [0.15, 0.2) is 18.2 Å². The van der Waals surface area contributed by atoms with E-state index in [1.54, 1.807) is 0 Å². The van der Waals surface area contributed by atoms with Crippen LogP contribution in [0.25, 0.3) is 0 Å². The maximum Gasteiger partial charge on any atom is 0.122 e. The Morgan fingerprint density at radius 1 is 1.44 bits per heavy atom. The van der Waals surface area contributed by atoms with Crippen molar-refractivity contribution in [3.05, 3.63) is 29.3 Å². The van der Waals surface area contributed by atoms with Gasteiger partial charge in [0.2, 0.25) is 0 Å². The van der Waals surface area contributed by atoms with Crippen molar-refractivity contribution in [1.29, 1.82) is 0 Å². The molecule has 0 bridgehead atoms. The molecule has 16 heavy (non-hydrogen) atoms. The van der Waals surface area contributed by atoms with Gasteiger partial charge < -0.3 is 14.6 Å². The van der Waals surface area contributed by atoms with Crippen molar-refractivity contribution in [2.45, 2.75) is 31.5 Å². The SMILES string of the molecule is OC1CCCc2c(OCC3CO3)cccc21. The fourth-order valence-electron chi connectivity index (χ4n) is 2.27. The largest absolute Gasteiger partial charge is 0.490 e. The number of hydrogen-bond donors (Lipinski definition) is 1.